The second kappa shape index (κ2) is 5.50. The zero-order valence-electron chi connectivity index (χ0n) is 9.89. The molecule has 0 unspecified atom stereocenters. The predicted octanol–water partition coefficient (Wildman–Crippen LogP) is 0.0759. The van der Waals surface area contributed by atoms with Crippen molar-refractivity contribution in [3.8, 4) is 5.75 Å². The van der Waals surface area contributed by atoms with Crippen LogP contribution in [0.2, 0.25) is 0 Å². The molecule has 0 saturated carbocycles. The van der Waals surface area contributed by atoms with Gasteiger partial charge in [0.25, 0.3) is 5.91 Å². The van der Waals surface area contributed by atoms with Gasteiger partial charge in [0.05, 0.1) is 0 Å². The number of imide groups is 1. The maximum absolute atomic E-state index is 11.7. The van der Waals surface area contributed by atoms with Crippen molar-refractivity contribution < 1.29 is 14.3 Å². The van der Waals surface area contributed by atoms with Crippen LogP contribution in [0.1, 0.15) is 5.56 Å². The number of amides is 3. The number of carbonyl (C=O) groups excluding carboxylic acids is 2. The molecule has 1 aliphatic rings. The number of rotatable bonds is 4. The third kappa shape index (κ3) is 2.78. The number of nitrogens with two attached hydrogens (primary N) is 1. The highest BCUT2D eigenvalue weighted by atomic mass is 16.5. The van der Waals surface area contributed by atoms with E-state index in [1.165, 1.54) is 0 Å². The van der Waals surface area contributed by atoms with Gasteiger partial charge in [-0.3, -0.25) is 9.69 Å². The van der Waals surface area contributed by atoms with Gasteiger partial charge < -0.3 is 15.8 Å². The fraction of sp³-hybridized carbons (Fsp3) is 0.333. The fourth-order valence-corrected chi connectivity index (χ4v) is 1.69. The first-order valence-corrected chi connectivity index (χ1v) is 5.70. The number of ether oxygens (including phenoxy) is 1. The van der Waals surface area contributed by atoms with Crippen LogP contribution in [0.25, 0.3) is 0 Å². The Morgan fingerprint density at radius 3 is 3.00 bits per heavy atom. The summed E-state index contributed by atoms with van der Waals surface area (Å²) in [4.78, 5) is 24.1. The van der Waals surface area contributed by atoms with Gasteiger partial charge in [0.1, 0.15) is 5.75 Å². The number of hydrogen-bond donors (Lipinski definition) is 2. The quantitative estimate of drug-likeness (QED) is 0.791. The van der Waals surface area contributed by atoms with Gasteiger partial charge in [0.2, 0.25) is 0 Å². The van der Waals surface area contributed by atoms with Crippen LogP contribution >= 0.6 is 0 Å². The zero-order chi connectivity index (χ0) is 13.0. The maximum Gasteiger partial charge on any atom is 0.324 e. The largest absolute Gasteiger partial charge is 0.484 e. The fourth-order valence-electron chi connectivity index (χ4n) is 1.69. The molecule has 6 nitrogen and oxygen atoms in total. The lowest BCUT2D eigenvalue weighted by Crippen LogP contribution is -2.37. The molecule has 1 aromatic rings. The first-order valence-electron chi connectivity index (χ1n) is 5.70. The van der Waals surface area contributed by atoms with Crippen LogP contribution in [0, 0.1) is 0 Å². The molecule has 0 atom stereocenters. The summed E-state index contributed by atoms with van der Waals surface area (Å²) in [7, 11) is 0. The van der Waals surface area contributed by atoms with E-state index >= 15 is 0 Å². The molecule has 3 amide bonds. The highest BCUT2D eigenvalue weighted by Crippen LogP contribution is 2.13. The number of benzene rings is 1. The molecule has 0 spiro atoms. The Kier molecular flexibility index (Phi) is 3.78. The summed E-state index contributed by atoms with van der Waals surface area (Å²) in [6, 6.07) is 6.85. The van der Waals surface area contributed by atoms with Crippen LogP contribution in [-0.2, 0) is 11.3 Å². The van der Waals surface area contributed by atoms with Crippen molar-refractivity contribution in [3.63, 3.8) is 0 Å². The Balaban J connectivity index is 1.90. The van der Waals surface area contributed by atoms with E-state index in [9.17, 15) is 9.59 Å². The Bertz CT molecular complexity index is 462. The van der Waals surface area contributed by atoms with Crippen LogP contribution in [-0.4, -0.2) is 36.5 Å². The van der Waals surface area contributed by atoms with Gasteiger partial charge in [-0.25, -0.2) is 4.79 Å². The molecule has 2 rings (SSSR count). The maximum atomic E-state index is 11.7. The lowest BCUT2D eigenvalue weighted by atomic mass is 10.2. The molecule has 0 radical (unpaired) electrons. The molecule has 0 aliphatic carbocycles. The first-order chi connectivity index (χ1) is 8.70. The smallest absolute Gasteiger partial charge is 0.324 e. The average Bonchev–Trinajstić information content (AvgIpc) is 2.82. The average molecular weight is 249 g/mol. The number of nitrogens with one attached hydrogen (secondary N) is 1. The lowest BCUT2D eigenvalue weighted by molar-refractivity contribution is -0.129. The molecule has 6 heteroatoms. The monoisotopic (exact) mass is 249 g/mol. The second-order valence-electron chi connectivity index (χ2n) is 3.92. The molecule has 18 heavy (non-hydrogen) atoms. The van der Waals surface area contributed by atoms with E-state index < -0.39 is 0 Å². The summed E-state index contributed by atoms with van der Waals surface area (Å²) >= 11 is 0. The summed E-state index contributed by atoms with van der Waals surface area (Å²) in [6.45, 7) is 1.15. The van der Waals surface area contributed by atoms with Crippen LogP contribution in [0.4, 0.5) is 4.79 Å². The summed E-state index contributed by atoms with van der Waals surface area (Å²) in [5, 5.41) is 2.56. The van der Waals surface area contributed by atoms with E-state index in [1.807, 2.05) is 12.1 Å². The summed E-state index contributed by atoms with van der Waals surface area (Å²) in [6.07, 6.45) is 0. The van der Waals surface area contributed by atoms with Crippen molar-refractivity contribution in [2.24, 2.45) is 5.73 Å². The zero-order valence-corrected chi connectivity index (χ0v) is 9.89. The molecule has 1 fully saturated rings. The number of hydrogen-bond acceptors (Lipinski definition) is 4. The minimum Gasteiger partial charge on any atom is -0.484 e. The Morgan fingerprint density at radius 2 is 2.33 bits per heavy atom. The standard InChI is InChI=1S/C12H15N3O3/c13-7-9-2-1-3-10(6-9)18-8-11(16)15-5-4-14-12(15)17/h1-3,6H,4-5,7-8,13H2,(H,14,17). The topological polar surface area (TPSA) is 84.7 Å². The van der Waals surface area contributed by atoms with Gasteiger partial charge >= 0.3 is 6.03 Å². The van der Waals surface area contributed by atoms with Gasteiger partial charge in [-0.05, 0) is 17.7 Å². The molecule has 3 N–H and O–H groups in total. The lowest BCUT2D eigenvalue weighted by Gasteiger charge is -2.13. The van der Waals surface area contributed by atoms with Gasteiger partial charge in [-0.2, -0.15) is 0 Å². The summed E-state index contributed by atoms with van der Waals surface area (Å²) in [5.74, 6) is 0.231. The molecular weight excluding hydrogens is 234 g/mol. The van der Waals surface area contributed by atoms with Gasteiger partial charge in [-0.1, -0.05) is 12.1 Å². The number of carbonyl (C=O) groups is 2. The SMILES string of the molecule is NCc1cccc(OCC(=O)N2CCNC2=O)c1. The predicted molar refractivity (Wildman–Crippen MR) is 64.9 cm³/mol. The third-order valence-electron chi connectivity index (χ3n) is 2.65. The molecule has 0 aromatic heterocycles. The highest BCUT2D eigenvalue weighted by Gasteiger charge is 2.26. The first kappa shape index (κ1) is 12.4. The van der Waals surface area contributed by atoms with Crippen molar-refractivity contribution in [1.29, 1.82) is 0 Å². The van der Waals surface area contributed by atoms with E-state index in [-0.39, 0.29) is 18.5 Å². The minimum absolute atomic E-state index is 0.151. The molecule has 1 aliphatic heterocycles. The van der Waals surface area contributed by atoms with Crippen LogP contribution in [0.5, 0.6) is 5.75 Å². The normalized spacial score (nSPS) is 14.5. The van der Waals surface area contributed by atoms with Crippen LogP contribution < -0.4 is 15.8 Å². The Morgan fingerprint density at radius 1 is 1.50 bits per heavy atom. The highest BCUT2D eigenvalue weighted by molar-refractivity contribution is 5.96. The summed E-state index contributed by atoms with van der Waals surface area (Å²) < 4.78 is 5.34. The minimum atomic E-state index is -0.362. The van der Waals surface area contributed by atoms with E-state index in [1.54, 1.807) is 12.1 Å². The van der Waals surface area contributed by atoms with Gasteiger partial charge in [-0.15, -0.1) is 0 Å². The van der Waals surface area contributed by atoms with Crippen molar-refractivity contribution in [2.75, 3.05) is 19.7 Å². The molecule has 1 aromatic carbocycles. The van der Waals surface area contributed by atoms with Crippen molar-refractivity contribution in [3.05, 3.63) is 29.8 Å². The second-order valence-corrected chi connectivity index (χ2v) is 3.92. The van der Waals surface area contributed by atoms with Crippen molar-refractivity contribution in [2.45, 2.75) is 6.54 Å². The molecular formula is C12H15N3O3. The molecule has 96 valence electrons. The van der Waals surface area contributed by atoms with Gasteiger partial charge in [0.15, 0.2) is 6.61 Å². The molecule has 1 saturated heterocycles. The van der Waals surface area contributed by atoms with E-state index in [4.69, 9.17) is 10.5 Å². The van der Waals surface area contributed by atoms with Crippen LogP contribution in [0.3, 0.4) is 0 Å². The van der Waals surface area contributed by atoms with Gasteiger partial charge in [0, 0.05) is 19.6 Å². The van der Waals surface area contributed by atoms with E-state index in [2.05, 4.69) is 5.32 Å². The number of nitrogens with zero attached hydrogens (tertiary/aromatic N) is 1. The third-order valence-corrected chi connectivity index (χ3v) is 2.65. The summed E-state index contributed by atoms with van der Waals surface area (Å²) in [5.41, 5.74) is 6.44. The van der Waals surface area contributed by atoms with E-state index in [0.29, 0.717) is 25.4 Å². The van der Waals surface area contributed by atoms with Crippen LogP contribution in [0.15, 0.2) is 24.3 Å². The Hall–Kier alpha value is -2.08. The Labute approximate surface area is 105 Å². The van der Waals surface area contributed by atoms with E-state index in [0.717, 1.165) is 10.5 Å². The number of urea groups is 1. The van der Waals surface area contributed by atoms with Crippen molar-refractivity contribution in [1.82, 2.24) is 10.2 Å². The molecule has 0 bridgehead atoms. The molecule has 1 heterocycles. The van der Waals surface area contributed by atoms with Crippen molar-refractivity contribution >= 4 is 11.9 Å².